The lowest BCUT2D eigenvalue weighted by Gasteiger charge is -2.59. The Morgan fingerprint density at radius 2 is 1.72 bits per heavy atom. The molecule has 25 heavy (non-hydrogen) atoms. The number of allylic oxidation sites excluding steroid dienone is 2. The number of ketones is 2. The van der Waals surface area contributed by atoms with Crippen molar-refractivity contribution in [3.8, 4) is 11.5 Å². The summed E-state index contributed by atoms with van der Waals surface area (Å²) in [5.41, 5.74) is 4.37. The molecule has 0 spiro atoms. The van der Waals surface area contributed by atoms with E-state index in [1.807, 2.05) is 6.08 Å². The maximum Gasteiger partial charge on any atom is 0.155 e. The van der Waals surface area contributed by atoms with Crippen LogP contribution in [0.5, 0.6) is 0 Å². The minimum Gasteiger partial charge on any atom is -0.299 e. The van der Waals surface area contributed by atoms with Crippen molar-refractivity contribution in [2.24, 2.45) is 22.2 Å². The zero-order valence-electron chi connectivity index (χ0n) is 16.7. The first kappa shape index (κ1) is 18.6. The van der Waals surface area contributed by atoms with Crippen molar-refractivity contribution in [3.05, 3.63) is 11.6 Å². The van der Waals surface area contributed by atoms with E-state index in [4.69, 9.17) is 0 Å². The molecule has 2 saturated carbocycles. The van der Waals surface area contributed by atoms with Crippen LogP contribution in [0, 0.1) is 33.6 Å². The first-order valence-corrected chi connectivity index (χ1v) is 13.2. The number of carbonyl (C=O) groups is 2. The summed E-state index contributed by atoms with van der Waals surface area (Å²) in [6.45, 7) is 13.4. The van der Waals surface area contributed by atoms with E-state index in [2.05, 4.69) is 51.9 Å². The van der Waals surface area contributed by atoms with E-state index >= 15 is 0 Å². The van der Waals surface area contributed by atoms with E-state index in [9.17, 15) is 9.59 Å². The zero-order chi connectivity index (χ0) is 18.7. The standard InChI is InChI=1S/C22H32O2Si/c1-20(2)17-8-12-22(13-14-25(4,5)6)11-7-16(23)15-18(22)21(17,3)10-9-19(20)24/h15,17H,7-12H2,1-6H3. The predicted octanol–water partition coefficient (Wildman–Crippen LogP) is 4.95. The molecule has 3 aliphatic rings. The van der Waals surface area contributed by atoms with Gasteiger partial charge < -0.3 is 0 Å². The number of rotatable bonds is 0. The SMILES string of the molecule is CC1(C)C(=O)CCC2(C)C3=CC(=O)CCC3(C#C[Si](C)(C)C)CCC12. The maximum atomic E-state index is 12.6. The smallest absolute Gasteiger partial charge is 0.155 e. The Bertz CT molecular complexity index is 713. The van der Waals surface area contributed by atoms with Gasteiger partial charge in [-0.2, -0.15) is 0 Å². The quantitative estimate of drug-likeness (QED) is 0.455. The van der Waals surface area contributed by atoms with Crippen molar-refractivity contribution in [2.45, 2.75) is 78.9 Å². The summed E-state index contributed by atoms with van der Waals surface area (Å²) in [5.74, 6) is 4.65. The predicted molar refractivity (Wildman–Crippen MR) is 105 cm³/mol. The van der Waals surface area contributed by atoms with Gasteiger partial charge in [0.05, 0.1) is 5.41 Å². The van der Waals surface area contributed by atoms with Crippen LogP contribution in [-0.2, 0) is 9.59 Å². The molecule has 0 aliphatic heterocycles. The molecule has 0 N–H and O–H groups in total. The second-order valence-electron chi connectivity index (χ2n) is 10.3. The van der Waals surface area contributed by atoms with E-state index < -0.39 is 8.07 Å². The Morgan fingerprint density at radius 1 is 1.04 bits per heavy atom. The average Bonchev–Trinajstić information content (AvgIpc) is 2.50. The molecular formula is C22H32O2Si. The van der Waals surface area contributed by atoms with Gasteiger partial charge in [0, 0.05) is 18.3 Å². The van der Waals surface area contributed by atoms with Crippen LogP contribution in [-0.4, -0.2) is 19.6 Å². The normalized spacial score (nSPS) is 37.4. The Balaban J connectivity index is 2.13. The molecule has 3 atom stereocenters. The van der Waals surface area contributed by atoms with Crippen LogP contribution in [0.1, 0.15) is 59.3 Å². The Morgan fingerprint density at radius 3 is 2.36 bits per heavy atom. The minimum atomic E-state index is -1.47. The molecule has 0 heterocycles. The fourth-order valence-corrected chi connectivity index (χ4v) is 6.18. The van der Waals surface area contributed by atoms with Gasteiger partial charge in [-0.25, -0.2) is 0 Å². The van der Waals surface area contributed by atoms with Crippen molar-refractivity contribution in [2.75, 3.05) is 0 Å². The third kappa shape index (κ3) is 2.97. The first-order chi connectivity index (χ1) is 11.4. The van der Waals surface area contributed by atoms with Gasteiger partial charge in [0.15, 0.2) is 5.78 Å². The van der Waals surface area contributed by atoms with Crippen molar-refractivity contribution >= 4 is 19.6 Å². The molecular weight excluding hydrogens is 324 g/mol. The summed E-state index contributed by atoms with van der Waals surface area (Å²) in [5, 5.41) is 0. The molecule has 2 nitrogen and oxygen atoms in total. The lowest BCUT2D eigenvalue weighted by molar-refractivity contribution is -0.141. The van der Waals surface area contributed by atoms with Crippen LogP contribution in [0.2, 0.25) is 19.6 Å². The topological polar surface area (TPSA) is 34.1 Å². The number of hydrogen-bond acceptors (Lipinski definition) is 2. The van der Waals surface area contributed by atoms with E-state index in [0.717, 1.165) is 25.7 Å². The van der Waals surface area contributed by atoms with Crippen LogP contribution in [0.3, 0.4) is 0 Å². The van der Waals surface area contributed by atoms with Gasteiger partial charge in [-0.1, -0.05) is 46.3 Å². The van der Waals surface area contributed by atoms with Crippen molar-refractivity contribution < 1.29 is 9.59 Å². The van der Waals surface area contributed by atoms with E-state index in [-0.39, 0.29) is 22.0 Å². The highest BCUT2D eigenvalue weighted by Crippen LogP contribution is 2.64. The molecule has 0 aromatic rings. The lowest BCUT2D eigenvalue weighted by Crippen LogP contribution is -2.55. The van der Waals surface area contributed by atoms with Crippen LogP contribution < -0.4 is 0 Å². The van der Waals surface area contributed by atoms with Crippen LogP contribution >= 0.6 is 0 Å². The Labute approximate surface area is 153 Å². The van der Waals surface area contributed by atoms with E-state index in [1.165, 1.54) is 5.57 Å². The minimum absolute atomic E-state index is 0.0696. The zero-order valence-corrected chi connectivity index (χ0v) is 17.7. The van der Waals surface area contributed by atoms with Crippen molar-refractivity contribution in [1.82, 2.24) is 0 Å². The van der Waals surface area contributed by atoms with Crippen LogP contribution in [0.15, 0.2) is 11.6 Å². The van der Waals surface area contributed by atoms with Crippen molar-refractivity contribution in [1.29, 1.82) is 0 Å². The molecule has 3 heteroatoms. The summed E-state index contributed by atoms with van der Waals surface area (Å²) < 4.78 is 0. The second kappa shape index (κ2) is 5.68. The van der Waals surface area contributed by atoms with Gasteiger partial charge in [-0.15, -0.1) is 5.54 Å². The number of fused-ring (bicyclic) bond motifs is 3. The third-order valence-electron chi connectivity index (χ3n) is 7.00. The molecule has 3 rings (SSSR count). The van der Waals surface area contributed by atoms with Crippen molar-refractivity contribution in [3.63, 3.8) is 0 Å². The van der Waals surface area contributed by atoms with Gasteiger partial charge in [0.2, 0.25) is 0 Å². The van der Waals surface area contributed by atoms with E-state index in [1.54, 1.807) is 0 Å². The van der Waals surface area contributed by atoms with Gasteiger partial charge in [0.1, 0.15) is 13.9 Å². The van der Waals surface area contributed by atoms with Gasteiger partial charge >= 0.3 is 0 Å². The number of hydrogen-bond donors (Lipinski definition) is 0. The maximum absolute atomic E-state index is 12.6. The number of Topliss-reactive ketones (excluding diaryl/α,β-unsaturated/α-hetero) is 1. The molecule has 2 fully saturated rings. The molecule has 0 bridgehead atoms. The molecule has 0 aromatic carbocycles. The molecule has 0 radical (unpaired) electrons. The van der Waals surface area contributed by atoms with Crippen LogP contribution in [0.4, 0.5) is 0 Å². The average molecular weight is 357 g/mol. The third-order valence-corrected chi connectivity index (χ3v) is 7.88. The molecule has 0 saturated heterocycles. The summed E-state index contributed by atoms with van der Waals surface area (Å²) in [7, 11) is -1.47. The molecule has 3 unspecified atom stereocenters. The van der Waals surface area contributed by atoms with Gasteiger partial charge in [0.25, 0.3) is 0 Å². The highest BCUT2D eigenvalue weighted by atomic mass is 28.3. The highest BCUT2D eigenvalue weighted by molar-refractivity contribution is 6.83. The summed E-state index contributed by atoms with van der Waals surface area (Å²) in [6, 6.07) is 0. The van der Waals surface area contributed by atoms with Gasteiger partial charge in [-0.05, 0) is 48.7 Å². The highest BCUT2D eigenvalue weighted by Gasteiger charge is 2.59. The number of carbonyl (C=O) groups excluding carboxylic acids is 2. The summed E-state index contributed by atoms with van der Waals surface area (Å²) >= 11 is 0. The molecule has 0 amide bonds. The molecule has 0 aromatic heterocycles. The summed E-state index contributed by atoms with van der Waals surface area (Å²) in [6.07, 6.45) is 6.96. The molecule has 136 valence electrons. The summed E-state index contributed by atoms with van der Waals surface area (Å²) in [4.78, 5) is 24.9. The fraction of sp³-hybridized carbons (Fsp3) is 0.727. The fourth-order valence-electron chi connectivity index (χ4n) is 5.57. The molecule has 3 aliphatic carbocycles. The first-order valence-electron chi connectivity index (χ1n) is 9.74. The Hall–Kier alpha value is -1.14. The van der Waals surface area contributed by atoms with Crippen LogP contribution in [0.25, 0.3) is 0 Å². The second-order valence-corrected chi connectivity index (χ2v) is 15.0. The monoisotopic (exact) mass is 356 g/mol. The largest absolute Gasteiger partial charge is 0.299 e. The Kier molecular flexibility index (Phi) is 4.23. The van der Waals surface area contributed by atoms with E-state index in [0.29, 0.717) is 24.5 Å². The lowest BCUT2D eigenvalue weighted by atomic mass is 9.44. The van der Waals surface area contributed by atoms with Gasteiger partial charge in [-0.3, -0.25) is 9.59 Å².